The molecule has 0 radical (unpaired) electrons. The van der Waals surface area contributed by atoms with E-state index in [9.17, 15) is 9.59 Å². The van der Waals surface area contributed by atoms with E-state index in [2.05, 4.69) is 0 Å². The fourth-order valence-electron chi connectivity index (χ4n) is 1.01. The molecule has 0 heterocycles. The van der Waals surface area contributed by atoms with Crippen LogP contribution in [0.2, 0.25) is 0 Å². The number of benzene rings is 1. The number of Topliss-reactive ketones (excluding diaryl/α,β-unsaturated/α-hetero) is 1. The van der Waals surface area contributed by atoms with Gasteiger partial charge in [-0.2, -0.15) is 0 Å². The number of ketones is 1. The van der Waals surface area contributed by atoms with E-state index in [1.54, 1.807) is 13.8 Å². The van der Waals surface area contributed by atoms with E-state index in [4.69, 9.17) is 9.84 Å². The maximum atomic E-state index is 11.3. The maximum Gasteiger partial charge on any atom is 0.335 e. The molecule has 16 heavy (non-hydrogen) atoms. The predicted molar refractivity (Wildman–Crippen MR) is 58.7 cm³/mol. The molecular weight excluding hydrogens is 208 g/mol. The highest BCUT2D eigenvalue weighted by molar-refractivity contribution is 5.87. The summed E-state index contributed by atoms with van der Waals surface area (Å²) in [6.45, 7) is 3.63. The van der Waals surface area contributed by atoms with Crippen LogP contribution in [0.4, 0.5) is 0 Å². The van der Waals surface area contributed by atoms with Gasteiger partial charge in [0, 0.05) is 5.92 Å². The molecule has 4 heteroatoms. The first-order chi connectivity index (χ1) is 7.50. The van der Waals surface area contributed by atoms with Gasteiger partial charge in [0.2, 0.25) is 0 Å². The van der Waals surface area contributed by atoms with Gasteiger partial charge in [0.05, 0.1) is 5.56 Å². The summed E-state index contributed by atoms with van der Waals surface area (Å²) in [6.07, 6.45) is 0. The molecule has 1 aromatic rings. The Bertz CT molecular complexity index is 379. The Hall–Kier alpha value is -1.84. The topological polar surface area (TPSA) is 63.6 Å². The summed E-state index contributed by atoms with van der Waals surface area (Å²) >= 11 is 0. The highest BCUT2D eigenvalue weighted by atomic mass is 16.5. The zero-order valence-electron chi connectivity index (χ0n) is 9.27. The van der Waals surface area contributed by atoms with E-state index >= 15 is 0 Å². The van der Waals surface area contributed by atoms with Crippen LogP contribution in [0.5, 0.6) is 5.75 Å². The first-order valence-electron chi connectivity index (χ1n) is 4.99. The molecule has 0 aromatic heterocycles. The molecule has 0 unspecified atom stereocenters. The van der Waals surface area contributed by atoms with Gasteiger partial charge in [0.15, 0.2) is 5.78 Å². The van der Waals surface area contributed by atoms with Gasteiger partial charge in [0.1, 0.15) is 12.4 Å². The van der Waals surface area contributed by atoms with Crippen molar-refractivity contribution >= 4 is 11.8 Å². The second kappa shape index (κ2) is 5.30. The minimum absolute atomic E-state index is 0.0160. The molecular formula is C12H14O4. The summed E-state index contributed by atoms with van der Waals surface area (Å²) < 4.78 is 5.22. The first-order valence-corrected chi connectivity index (χ1v) is 4.99. The number of rotatable bonds is 5. The van der Waals surface area contributed by atoms with Gasteiger partial charge in [-0.3, -0.25) is 4.79 Å². The van der Waals surface area contributed by atoms with Crippen LogP contribution < -0.4 is 4.74 Å². The minimum Gasteiger partial charge on any atom is -0.486 e. The Kier molecular flexibility index (Phi) is 4.05. The second-order valence-electron chi connectivity index (χ2n) is 3.74. The Balaban J connectivity index is 2.56. The molecule has 4 nitrogen and oxygen atoms in total. The molecule has 0 bridgehead atoms. The summed E-state index contributed by atoms with van der Waals surface area (Å²) in [5.41, 5.74) is 0.197. The van der Waals surface area contributed by atoms with Crippen LogP contribution in [0.15, 0.2) is 24.3 Å². The average molecular weight is 222 g/mol. The summed E-state index contributed by atoms with van der Waals surface area (Å²) in [5.74, 6) is -0.524. The quantitative estimate of drug-likeness (QED) is 0.827. The lowest BCUT2D eigenvalue weighted by atomic mass is 10.1. The van der Waals surface area contributed by atoms with Crippen molar-refractivity contribution in [3.8, 4) is 5.75 Å². The molecule has 1 aromatic carbocycles. The molecule has 0 fully saturated rings. The number of carbonyl (C=O) groups excluding carboxylic acids is 1. The Morgan fingerprint density at radius 1 is 1.25 bits per heavy atom. The summed E-state index contributed by atoms with van der Waals surface area (Å²) in [5, 5.41) is 8.67. The summed E-state index contributed by atoms with van der Waals surface area (Å²) in [6, 6.07) is 5.96. The van der Waals surface area contributed by atoms with Crippen molar-refractivity contribution in [2.45, 2.75) is 13.8 Å². The minimum atomic E-state index is -0.982. The highest BCUT2D eigenvalue weighted by Crippen LogP contribution is 2.12. The first kappa shape index (κ1) is 12.2. The fourth-order valence-corrected chi connectivity index (χ4v) is 1.01. The number of carboxylic acid groups (broad SMARTS) is 1. The number of aromatic carboxylic acids is 1. The fraction of sp³-hybridized carbons (Fsp3) is 0.333. The van der Waals surface area contributed by atoms with Crippen molar-refractivity contribution in [1.82, 2.24) is 0 Å². The molecule has 0 saturated carbocycles. The maximum absolute atomic E-state index is 11.3. The van der Waals surface area contributed by atoms with Gasteiger partial charge in [-0.15, -0.1) is 0 Å². The largest absolute Gasteiger partial charge is 0.486 e. The number of hydrogen-bond donors (Lipinski definition) is 1. The zero-order chi connectivity index (χ0) is 12.1. The standard InChI is InChI=1S/C12H14O4/c1-8(2)11(13)7-16-10-5-3-9(4-6-10)12(14)15/h3-6,8H,7H2,1-2H3,(H,14,15). The van der Waals surface area contributed by atoms with Gasteiger partial charge >= 0.3 is 5.97 Å². The molecule has 0 saturated heterocycles. The Morgan fingerprint density at radius 2 is 1.81 bits per heavy atom. The van der Waals surface area contributed by atoms with E-state index < -0.39 is 5.97 Å². The highest BCUT2D eigenvalue weighted by Gasteiger charge is 2.08. The van der Waals surface area contributed by atoms with Crippen LogP contribution >= 0.6 is 0 Å². The summed E-state index contributed by atoms with van der Waals surface area (Å²) in [4.78, 5) is 21.8. The summed E-state index contributed by atoms with van der Waals surface area (Å²) in [7, 11) is 0. The molecule has 0 atom stereocenters. The molecule has 0 spiro atoms. The SMILES string of the molecule is CC(C)C(=O)COc1ccc(C(=O)O)cc1. The molecule has 0 aliphatic carbocycles. The van der Waals surface area contributed by atoms with Crippen LogP contribution in [-0.2, 0) is 4.79 Å². The van der Waals surface area contributed by atoms with Crippen molar-refractivity contribution in [1.29, 1.82) is 0 Å². The monoisotopic (exact) mass is 222 g/mol. The Morgan fingerprint density at radius 3 is 2.25 bits per heavy atom. The Labute approximate surface area is 93.9 Å². The lowest BCUT2D eigenvalue weighted by Gasteiger charge is -2.07. The van der Waals surface area contributed by atoms with Crippen molar-refractivity contribution < 1.29 is 19.4 Å². The number of carboxylic acids is 1. The third kappa shape index (κ3) is 3.38. The van der Waals surface area contributed by atoms with Gasteiger partial charge in [0.25, 0.3) is 0 Å². The molecule has 0 aliphatic heterocycles. The lowest BCUT2D eigenvalue weighted by Crippen LogP contribution is -2.16. The van der Waals surface area contributed by atoms with Crippen LogP contribution in [-0.4, -0.2) is 23.5 Å². The molecule has 86 valence electrons. The molecule has 1 N–H and O–H groups in total. The van der Waals surface area contributed by atoms with Crippen LogP contribution in [0, 0.1) is 5.92 Å². The lowest BCUT2D eigenvalue weighted by molar-refractivity contribution is -0.123. The van der Waals surface area contributed by atoms with E-state index in [0.29, 0.717) is 5.75 Å². The van der Waals surface area contributed by atoms with Gasteiger partial charge in [-0.1, -0.05) is 13.8 Å². The van der Waals surface area contributed by atoms with Crippen LogP contribution in [0.25, 0.3) is 0 Å². The normalized spacial score (nSPS) is 10.2. The van der Waals surface area contributed by atoms with Crippen LogP contribution in [0.1, 0.15) is 24.2 Å². The van der Waals surface area contributed by atoms with Gasteiger partial charge in [-0.25, -0.2) is 4.79 Å². The van der Waals surface area contributed by atoms with E-state index in [1.165, 1.54) is 24.3 Å². The van der Waals surface area contributed by atoms with Crippen molar-refractivity contribution in [2.24, 2.45) is 5.92 Å². The third-order valence-corrected chi connectivity index (χ3v) is 2.13. The molecule has 1 rings (SSSR count). The van der Waals surface area contributed by atoms with E-state index in [-0.39, 0.29) is 23.9 Å². The second-order valence-corrected chi connectivity index (χ2v) is 3.74. The number of carbonyl (C=O) groups is 2. The average Bonchev–Trinajstić information content (AvgIpc) is 2.26. The van der Waals surface area contributed by atoms with Gasteiger partial charge in [-0.05, 0) is 24.3 Å². The van der Waals surface area contributed by atoms with E-state index in [0.717, 1.165) is 0 Å². The van der Waals surface area contributed by atoms with Gasteiger partial charge < -0.3 is 9.84 Å². The number of hydrogen-bond acceptors (Lipinski definition) is 3. The number of ether oxygens (including phenoxy) is 1. The molecule has 0 aliphatic rings. The van der Waals surface area contributed by atoms with E-state index in [1.807, 2.05) is 0 Å². The zero-order valence-corrected chi connectivity index (χ0v) is 9.27. The smallest absolute Gasteiger partial charge is 0.335 e. The van der Waals surface area contributed by atoms with Crippen molar-refractivity contribution in [2.75, 3.05) is 6.61 Å². The van der Waals surface area contributed by atoms with Crippen molar-refractivity contribution in [3.05, 3.63) is 29.8 Å². The third-order valence-electron chi connectivity index (χ3n) is 2.13. The predicted octanol–water partition coefficient (Wildman–Crippen LogP) is 1.99. The van der Waals surface area contributed by atoms with Crippen LogP contribution in [0.3, 0.4) is 0 Å². The van der Waals surface area contributed by atoms with Crippen molar-refractivity contribution in [3.63, 3.8) is 0 Å². The molecule has 0 amide bonds.